The van der Waals surface area contributed by atoms with E-state index in [4.69, 9.17) is 14.2 Å². The lowest BCUT2D eigenvalue weighted by atomic mass is 10.1. The second kappa shape index (κ2) is 6.29. The summed E-state index contributed by atoms with van der Waals surface area (Å²) >= 11 is 0. The van der Waals surface area contributed by atoms with E-state index in [1.54, 1.807) is 0 Å². The molecule has 22 heavy (non-hydrogen) atoms. The number of carbonyl (C=O) groups excluding carboxylic acids is 2. The van der Waals surface area contributed by atoms with Gasteiger partial charge in [0, 0.05) is 13.1 Å². The molecule has 0 radical (unpaired) electrons. The molecule has 0 spiro atoms. The molecule has 1 heterocycles. The van der Waals surface area contributed by atoms with Gasteiger partial charge >= 0.3 is 5.97 Å². The van der Waals surface area contributed by atoms with Gasteiger partial charge in [-0.1, -0.05) is 0 Å². The Balaban J connectivity index is 2.34. The smallest absolute Gasteiger partial charge is 0.346 e. The van der Waals surface area contributed by atoms with Gasteiger partial charge in [-0.05, 0) is 6.92 Å². The number of hydrogen-bond donors (Lipinski definition) is 1. The van der Waals surface area contributed by atoms with E-state index in [0.717, 1.165) is 6.07 Å². The fourth-order valence-electron chi connectivity index (χ4n) is 1.87. The third-order valence-corrected chi connectivity index (χ3v) is 2.98. The van der Waals surface area contributed by atoms with Crippen LogP contribution in [0.5, 0.6) is 11.5 Å². The zero-order valence-corrected chi connectivity index (χ0v) is 12.0. The highest BCUT2D eigenvalue weighted by Gasteiger charge is 2.29. The van der Waals surface area contributed by atoms with Gasteiger partial charge in [0.15, 0.2) is 17.6 Å². The predicted octanol–water partition coefficient (Wildman–Crippen LogP) is 0.657. The van der Waals surface area contributed by atoms with E-state index in [9.17, 15) is 19.7 Å². The van der Waals surface area contributed by atoms with Crippen molar-refractivity contribution in [2.75, 3.05) is 20.3 Å². The minimum atomic E-state index is -1.08. The number of carbonyl (C=O) groups is 2. The highest BCUT2D eigenvalue weighted by atomic mass is 16.6. The minimum Gasteiger partial charge on any atom is -0.486 e. The molecule has 0 bridgehead atoms. The number of fused-ring (bicyclic) bond motifs is 1. The van der Waals surface area contributed by atoms with Crippen molar-refractivity contribution >= 4 is 17.6 Å². The quantitative estimate of drug-likeness (QED) is 0.493. The first-order chi connectivity index (χ1) is 10.4. The number of hydrogen-bond acceptors (Lipinski definition) is 7. The fourth-order valence-corrected chi connectivity index (χ4v) is 1.87. The number of esters is 1. The monoisotopic (exact) mass is 310 g/mol. The van der Waals surface area contributed by atoms with Gasteiger partial charge in [0.05, 0.1) is 11.0 Å². The number of nitro groups is 1. The van der Waals surface area contributed by atoms with Gasteiger partial charge in [-0.3, -0.25) is 14.9 Å². The molecule has 0 saturated heterocycles. The summed E-state index contributed by atoms with van der Waals surface area (Å²) in [4.78, 5) is 33.8. The first-order valence-electron chi connectivity index (χ1n) is 6.44. The van der Waals surface area contributed by atoms with Crippen molar-refractivity contribution in [1.82, 2.24) is 5.32 Å². The zero-order chi connectivity index (χ0) is 16.3. The van der Waals surface area contributed by atoms with Gasteiger partial charge in [-0.25, -0.2) is 4.79 Å². The Hall–Kier alpha value is -2.84. The van der Waals surface area contributed by atoms with Crippen LogP contribution < -0.4 is 14.8 Å². The Morgan fingerprint density at radius 2 is 1.91 bits per heavy atom. The van der Waals surface area contributed by atoms with Crippen molar-refractivity contribution in [1.29, 1.82) is 0 Å². The van der Waals surface area contributed by atoms with Gasteiger partial charge in [-0.15, -0.1) is 0 Å². The maximum atomic E-state index is 12.1. The predicted molar refractivity (Wildman–Crippen MR) is 73.0 cm³/mol. The van der Waals surface area contributed by atoms with Crippen molar-refractivity contribution in [3.8, 4) is 11.5 Å². The van der Waals surface area contributed by atoms with Crippen LogP contribution in [0.15, 0.2) is 12.1 Å². The van der Waals surface area contributed by atoms with Crippen LogP contribution in [0.4, 0.5) is 5.69 Å². The maximum absolute atomic E-state index is 12.1. The molecule has 1 N–H and O–H groups in total. The second-order valence-electron chi connectivity index (χ2n) is 4.43. The standard InChI is InChI=1S/C13H14N2O7/c1-7(12(16)14-2)22-13(17)8-5-10-11(21-4-3-20-10)6-9(8)15(18)19/h5-7H,3-4H2,1-2H3,(H,14,16)/t7-/m0/s1. The highest BCUT2D eigenvalue weighted by molar-refractivity contribution is 5.96. The lowest BCUT2D eigenvalue weighted by molar-refractivity contribution is -0.385. The summed E-state index contributed by atoms with van der Waals surface area (Å²) in [5.74, 6) is -1.10. The van der Waals surface area contributed by atoms with E-state index >= 15 is 0 Å². The van der Waals surface area contributed by atoms with Crippen molar-refractivity contribution in [2.24, 2.45) is 0 Å². The minimum absolute atomic E-state index is 0.189. The Kier molecular flexibility index (Phi) is 4.44. The highest BCUT2D eigenvalue weighted by Crippen LogP contribution is 2.36. The van der Waals surface area contributed by atoms with Gasteiger partial charge in [0.25, 0.3) is 11.6 Å². The van der Waals surface area contributed by atoms with Crippen LogP contribution in [0.25, 0.3) is 0 Å². The van der Waals surface area contributed by atoms with E-state index < -0.39 is 28.6 Å². The molecule has 9 nitrogen and oxygen atoms in total. The topological polar surface area (TPSA) is 117 Å². The largest absolute Gasteiger partial charge is 0.486 e. The molecule has 1 aromatic rings. The summed E-state index contributed by atoms with van der Waals surface area (Å²) in [6.45, 7) is 1.90. The number of likely N-dealkylation sites (N-methyl/N-ethyl adjacent to an activating group) is 1. The van der Waals surface area contributed by atoms with Gasteiger partial charge in [0.1, 0.15) is 18.8 Å². The SMILES string of the molecule is CNC(=O)[C@H](C)OC(=O)c1cc2c(cc1[N+](=O)[O-])OCCO2. The number of nitro benzene ring substituents is 1. The molecule has 118 valence electrons. The lowest BCUT2D eigenvalue weighted by Crippen LogP contribution is -2.33. The molecular weight excluding hydrogens is 296 g/mol. The Labute approximate surface area is 125 Å². The van der Waals surface area contributed by atoms with Crippen LogP contribution in [0.3, 0.4) is 0 Å². The maximum Gasteiger partial charge on any atom is 0.346 e. The first-order valence-corrected chi connectivity index (χ1v) is 6.44. The summed E-state index contributed by atoms with van der Waals surface area (Å²) in [6, 6.07) is 2.29. The average Bonchev–Trinajstić information content (AvgIpc) is 2.52. The van der Waals surface area contributed by atoms with E-state index in [1.807, 2.05) is 0 Å². The molecule has 0 fully saturated rings. The van der Waals surface area contributed by atoms with Crippen molar-refractivity contribution in [3.05, 3.63) is 27.8 Å². The van der Waals surface area contributed by atoms with Crippen molar-refractivity contribution in [3.63, 3.8) is 0 Å². The second-order valence-corrected chi connectivity index (χ2v) is 4.43. The zero-order valence-electron chi connectivity index (χ0n) is 12.0. The Bertz CT molecular complexity index is 629. The molecule has 1 aliphatic heterocycles. The number of ether oxygens (including phenoxy) is 3. The number of nitrogens with one attached hydrogen (secondary N) is 1. The third kappa shape index (κ3) is 3.08. The number of benzene rings is 1. The molecule has 0 aliphatic carbocycles. The molecule has 0 saturated carbocycles. The molecule has 1 aromatic carbocycles. The van der Waals surface area contributed by atoms with Crippen LogP contribution in [-0.4, -0.2) is 43.2 Å². The van der Waals surface area contributed by atoms with E-state index in [0.29, 0.717) is 0 Å². The van der Waals surface area contributed by atoms with Crippen LogP contribution in [0.2, 0.25) is 0 Å². The molecule has 2 rings (SSSR count). The molecule has 9 heteroatoms. The average molecular weight is 310 g/mol. The lowest BCUT2D eigenvalue weighted by Gasteiger charge is -2.19. The number of amides is 1. The molecule has 1 amide bonds. The molecular formula is C13H14N2O7. The normalized spacial score (nSPS) is 13.9. The summed E-state index contributed by atoms with van der Waals surface area (Å²) in [6.07, 6.45) is -1.08. The van der Waals surface area contributed by atoms with Gasteiger partial charge in [0.2, 0.25) is 0 Å². The summed E-state index contributed by atoms with van der Waals surface area (Å²) in [5.41, 5.74) is -0.775. The first kappa shape index (κ1) is 15.5. The number of nitrogens with zero attached hydrogens (tertiary/aromatic N) is 1. The van der Waals surface area contributed by atoms with Crippen LogP contribution in [0, 0.1) is 10.1 Å². The molecule has 1 atom stereocenters. The summed E-state index contributed by atoms with van der Waals surface area (Å²) < 4.78 is 15.4. The molecule has 0 aromatic heterocycles. The third-order valence-electron chi connectivity index (χ3n) is 2.98. The van der Waals surface area contributed by atoms with Crippen molar-refractivity contribution in [2.45, 2.75) is 13.0 Å². The fraction of sp³-hybridized carbons (Fsp3) is 0.385. The summed E-state index contributed by atoms with van der Waals surface area (Å²) in [7, 11) is 1.39. The Morgan fingerprint density at radius 1 is 1.32 bits per heavy atom. The van der Waals surface area contributed by atoms with Gasteiger partial charge < -0.3 is 19.5 Å². The van der Waals surface area contributed by atoms with Crippen molar-refractivity contribution < 1.29 is 28.7 Å². The molecule has 0 unspecified atom stereocenters. The van der Waals surface area contributed by atoms with Gasteiger partial charge in [-0.2, -0.15) is 0 Å². The van der Waals surface area contributed by atoms with E-state index in [-0.39, 0.29) is 30.3 Å². The van der Waals surface area contributed by atoms with Crippen LogP contribution in [-0.2, 0) is 9.53 Å². The summed E-state index contributed by atoms with van der Waals surface area (Å²) in [5, 5.41) is 13.4. The number of rotatable bonds is 4. The Morgan fingerprint density at radius 3 is 2.45 bits per heavy atom. The van der Waals surface area contributed by atoms with Crippen LogP contribution in [0.1, 0.15) is 17.3 Å². The van der Waals surface area contributed by atoms with Crippen LogP contribution >= 0.6 is 0 Å². The molecule has 1 aliphatic rings. The van der Waals surface area contributed by atoms with E-state index in [1.165, 1.54) is 20.0 Å². The van der Waals surface area contributed by atoms with E-state index in [2.05, 4.69) is 5.32 Å².